The van der Waals surface area contributed by atoms with Crippen LogP contribution in [0.1, 0.15) is 0 Å². The monoisotopic (exact) mass is 495 g/mol. The molecule has 37 heavy (non-hydrogen) atoms. The molecule has 188 valence electrons. The zero-order valence-corrected chi connectivity index (χ0v) is 20.9. The van der Waals surface area contributed by atoms with Gasteiger partial charge < -0.3 is 25.2 Å². The van der Waals surface area contributed by atoms with Gasteiger partial charge in [-0.05, 0) is 43.5 Å². The fourth-order valence-corrected chi connectivity index (χ4v) is 4.35. The van der Waals surface area contributed by atoms with Crippen molar-refractivity contribution in [2.75, 3.05) is 55.9 Å². The molecule has 1 saturated heterocycles. The molecule has 2 aromatic heterocycles. The molecule has 0 saturated carbocycles. The minimum absolute atomic E-state index is 0.277. The number of rotatable bonds is 7. The summed E-state index contributed by atoms with van der Waals surface area (Å²) in [6.07, 6.45) is 4.69. The minimum Gasteiger partial charge on any atom is -0.494 e. The van der Waals surface area contributed by atoms with Crippen LogP contribution in [0, 0.1) is 0 Å². The number of methoxy groups -OCH3 is 1. The van der Waals surface area contributed by atoms with Crippen molar-refractivity contribution in [2.45, 2.75) is 0 Å². The van der Waals surface area contributed by atoms with Crippen molar-refractivity contribution >= 4 is 39.8 Å². The molecule has 9 nitrogen and oxygen atoms in total. The molecule has 0 aliphatic carbocycles. The van der Waals surface area contributed by atoms with Gasteiger partial charge in [0.2, 0.25) is 11.9 Å². The lowest BCUT2D eigenvalue weighted by atomic mass is 10.1. The number of nitrogens with zero attached hydrogens (tertiary/aromatic N) is 5. The van der Waals surface area contributed by atoms with Crippen LogP contribution >= 0.6 is 0 Å². The van der Waals surface area contributed by atoms with Crippen LogP contribution in [0.25, 0.3) is 22.2 Å². The average molecular weight is 496 g/mol. The number of piperazine rings is 1. The Morgan fingerprint density at radius 3 is 2.70 bits per heavy atom. The number of amides is 1. The van der Waals surface area contributed by atoms with Crippen LogP contribution in [0.15, 0.2) is 73.6 Å². The molecule has 0 atom stereocenters. The summed E-state index contributed by atoms with van der Waals surface area (Å²) in [5.41, 5.74) is 4.81. The molecular formula is C28H29N7O2. The van der Waals surface area contributed by atoms with Crippen molar-refractivity contribution < 1.29 is 9.53 Å². The quantitative estimate of drug-likeness (QED) is 0.366. The maximum atomic E-state index is 11.8. The number of likely N-dealkylation sites (N-methyl/N-ethyl adjacent to an activating group) is 1. The number of hydrogen-bond acceptors (Lipinski definition) is 8. The van der Waals surface area contributed by atoms with E-state index in [2.05, 4.69) is 45.1 Å². The first-order chi connectivity index (χ1) is 18.0. The molecule has 0 spiro atoms. The lowest BCUT2D eigenvalue weighted by molar-refractivity contribution is -0.111. The van der Waals surface area contributed by atoms with Crippen molar-refractivity contribution in [3.63, 3.8) is 0 Å². The summed E-state index contributed by atoms with van der Waals surface area (Å²) in [7, 11) is 3.81. The zero-order chi connectivity index (χ0) is 25.8. The van der Waals surface area contributed by atoms with Crippen LogP contribution < -0.4 is 20.3 Å². The molecule has 1 fully saturated rings. The van der Waals surface area contributed by atoms with Crippen LogP contribution in [0.2, 0.25) is 0 Å². The Balaban J connectivity index is 1.49. The van der Waals surface area contributed by atoms with Crippen LogP contribution in [0.3, 0.4) is 0 Å². The highest BCUT2D eigenvalue weighted by Gasteiger charge is 2.17. The summed E-state index contributed by atoms with van der Waals surface area (Å²) in [4.78, 5) is 30.3. The summed E-state index contributed by atoms with van der Waals surface area (Å²) in [6.45, 7) is 7.53. The number of ether oxygens (including phenoxy) is 1. The third-order valence-electron chi connectivity index (χ3n) is 6.39. The second-order valence-electron chi connectivity index (χ2n) is 8.86. The number of carbonyl (C=O) groups is 1. The zero-order valence-electron chi connectivity index (χ0n) is 20.9. The molecule has 3 heterocycles. The van der Waals surface area contributed by atoms with E-state index in [1.54, 1.807) is 19.5 Å². The third-order valence-corrected chi connectivity index (χ3v) is 6.39. The van der Waals surface area contributed by atoms with Crippen LogP contribution in [0.4, 0.5) is 23.0 Å². The van der Waals surface area contributed by atoms with Gasteiger partial charge in [-0.25, -0.2) is 9.97 Å². The Morgan fingerprint density at radius 1 is 1.08 bits per heavy atom. The third kappa shape index (κ3) is 5.36. The molecule has 9 heteroatoms. The lowest BCUT2D eigenvalue weighted by Gasteiger charge is -2.34. The summed E-state index contributed by atoms with van der Waals surface area (Å²) in [5, 5.41) is 6.94. The number of fused-ring (bicyclic) bond motifs is 1. The van der Waals surface area contributed by atoms with Crippen LogP contribution in [-0.4, -0.2) is 66.1 Å². The standard InChI is InChI=1S/C28H29N7O2/c1-4-26(36)30-20-7-5-6-19(16-20)27-22-18-29-11-10-23(22)31-28(33-27)32-24-9-8-21(17-25(24)37-3)35-14-12-34(2)13-15-35/h4-11,16-18H,1,12-15H2,2-3H3,(H,30,36)(H,31,32,33). The van der Waals surface area contributed by atoms with Gasteiger partial charge >= 0.3 is 0 Å². The Kier molecular flexibility index (Phi) is 6.96. The lowest BCUT2D eigenvalue weighted by Crippen LogP contribution is -2.44. The van der Waals surface area contributed by atoms with Crippen molar-refractivity contribution in [3.8, 4) is 17.0 Å². The van der Waals surface area contributed by atoms with E-state index in [4.69, 9.17) is 14.7 Å². The fourth-order valence-electron chi connectivity index (χ4n) is 4.35. The first kappa shape index (κ1) is 24.2. The minimum atomic E-state index is -0.277. The van der Waals surface area contributed by atoms with E-state index in [1.165, 1.54) is 6.08 Å². The second-order valence-corrected chi connectivity index (χ2v) is 8.86. The Hall–Kier alpha value is -4.50. The molecule has 0 radical (unpaired) electrons. The second kappa shape index (κ2) is 10.6. The predicted molar refractivity (Wildman–Crippen MR) is 148 cm³/mol. The number of aromatic nitrogens is 3. The highest BCUT2D eigenvalue weighted by molar-refractivity contribution is 6.00. The average Bonchev–Trinajstić information content (AvgIpc) is 2.93. The summed E-state index contributed by atoms with van der Waals surface area (Å²) >= 11 is 0. The first-order valence-electron chi connectivity index (χ1n) is 12.1. The van der Waals surface area contributed by atoms with Gasteiger partial charge in [0.1, 0.15) is 5.75 Å². The normalized spacial score (nSPS) is 13.8. The number of carbonyl (C=O) groups excluding carboxylic acids is 1. The van der Waals surface area contributed by atoms with Gasteiger partial charge in [-0.3, -0.25) is 9.78 Å². The van der Waals surface area contributed by atoms with Crippen molar-refractivity contribution in [1.29, 1.82) is 0 Å². The van der Waals surface area contributed by atoms with E-state index in [0.29, 0.717) is 23.1 Å². The van der Waals surface area contributed by atoms with Crippen LogP contribution in [-0.2, 0) is 4.79 Å². The van der Waals surface area contributed by atoms with Gasteiger partial charge in [0.25, 0.3) is 0 Å². The highest BCUT2D eigenvalue weighted by Crippen LogP contribution is 2.34. The molecule has 0 unspecified atom stereocenters. The van der Waals surface area contributed by atoms with E-state index in [0.717, 1.165) is 54.0 Å². The molecule has 4 aromatic rings. The number of pyridine rings is 1. The Labute approximate surface area is 215 Å². The van der Waals surface area contributed by atoms with Gasteiger partial charge in [0.05, 0.1) is 24.0 Å². The van der Waals surface area contributed by atoms with Gasteiger partial charge in [-0.1, -0.05) is 18.7 Å². The maximum Gasteiger partial charge on any atom is 0.247 e. The molecule has 1 amide bonds. The number of nitrogens with one attached hydrogen (secondary N) is 2. The fraction of sp³-hybridized carbons (Fsp3) is 0.214. The van der Waals surface area contributed by atoms with Crippen molar-refractivity contribution in [1.82, 2.24) is 19.9 Å². The molecular weight excluding hydrogens is 466 g/mol. The van der Waals surface area contributed by atoms with Crippen LogP contribution in [0.5, 0.6) is 5.75 Å². The smallest absolute Gasteiger partial charge is 0.247 e. The predicted octanol–water partition coefficient (Wildman–Crippen LogP) is 4.32. The SMILES string of the molecule is C=CC(=O)Nc1cccc(-c2nc(Nc3ccc(N4CCN(C)CC4)cc3OC)nc3ccncc23)c1. The number of anilines is 4. The van der Waals surface area contributed by atoms with Gasteiger partial charge in [-0.2, -0.15) is 0 Å². The van der Waals surface area contributed by atoms with Crippen molar-refractivity contribution in [2.24, 2.45) is 0 Å². The Bertz CT molecular complexity index is 1450. The first-order valence-corrected chi connectivity index (χ1v) is 12.1. The van der Waals surface area contributed by atoms with Gasteiger partial charge in [0, 0.05) is 67.0 Å². The highest BCUT2D eigenvalue weighted by atomic mass is 16.5. The van der Waals surface area contributed by atoms with Gasteiger partial charge in [-0.15, -0.1) is 0 Å². The summed E-state index contributed by atoms with van der Waals surface area (Å²) < 4.78 is 5.72. The van der Waals surface area contributed by atoms with E-state index in [9.17, 15) is 4.79 Å². The summed E-state index contributed by atoms with van der Waals surface area (Å²) in [5.74, 6) is 0.867. The molecule has 2 N–H and O–H groups in total. The van der Waals surface area contributed by atoms with Gasteiger partial charge in [0.15, 0.2) is 0 Å². The molecule has 2 aromatic carbocycles. The maximum absolute atomic E-state index is 11.8. The van der Waals surface area contributed by atoms with E-state index in [-0.39, 0.29) is 5.91 Å². The topological polar surface area (TPSA) is 95.5 Å². The number of hydrogen-bond donors (Lipinski definition) is 2. The number of benzene rings is 2. The van der Waals surface area contributed by atoms with E-state index < -0.39 is 0 Å². The van der Waals surface area contributed by atoms with Crippen molar-refractivity contribution in [3.05, 3.63) is 73.6 Å². The van der Waals surface area contributed by atoms with E-state index in [1.807, 2.05) is 42.5 Å². The largest absolute Gasteiger partial charge is 0.494 e. The Morgan fingerprint density at radius 2 is 1.92 bits per heavy atom. The molecule has 5 rings (SSSR count). The van der Waals surface area contributed by atoms with E-state index >= 15 is 0 Å². The summed E-state index contributed by atoms with van der Waals surface area (Å²) in [6, 6.07) is 15.5. The molecule has 1 aliphatic rings. The molecule has 0 bridgehead atoms. The molecule has 1 aliphatic heterocycles.